The molecule has 0 radical (unpaired) electrons. The molecule has 8 heteroatoms. The van der Waals surface area contributed by atoms with Gasteiger partial charge in [0.05, 0.1) is 19.2 Å². The zero-order valence-corrected chi connectivity index (χ0v) is 15.4. The van der Waals surface area contributed by atoms with Crippen molar-refractivity contribution in [2.75, 3.05) is 19.5 Å². The summed E-state index contributed by atoms with van der Waals surface area (Å²) in [4.78, 5) is 12.4. The normalized spacial score (nSPS) is 10.5. The van der Waals surface area contributed by atoms with Crippen molar-refractivity contribution in [3.8, 4) is 22.8 Å². The summed E-state index contributed by atoms with van der Waals surface area (Å²) < 4.78 is 15.6. The molecule has 0 aliphatic rings. The molecule has 1 amide bonds. The van der Waals surface area contributed by atoms with Crippen LogP contribution < -0.4 is 14.8 Å². The van der Waals surface area contributed by atoms with Crippen LogP contribution in [-0.4, -0.2) is 25.3 Å². The van der Waals surface area contributed by atoms with E-state index in [1.54, 1.807) is 36.4 Å². The molecule has 3 aromatic rings. The Morgan fingerprint density at radius 3 is 2.50 bits per heavy atom. The number of anilines is 1. The van der Waals surface area contributed by atoms with Crippen molar-refractivity contribution in [2.24, 2.45) is 0 Å². The number of amides is 1. The summed E-state index contributed by atoms with van der Waals surface area (Å²) in [6.45, 7) is 0. The van der Waals surface area contributed by atoms with E-state index >= 15 is 0 Å². The largest absolute Gasteiger partial charge is 0.493 e. The zero-order chi connectivity index (χ0) is 18.7. The molecule has 0 saturated carbocycles. The lowest BCUT2D eigenvalue weighted by molar-refractivity contribution is 0.101. The van der Waals surface area contributed by atoms with Crippen LogP contribution in [0.2, 0.25) is 10.0 Å². The summed E-state index contributed by atoms with van der Waals surface area (Å²) in [5.41, 5.74) is 1.23. The molecule has 0 atom stereocenters. The summed E-state index contributed by atoms with van der Waals surface area (Å²) >= 11 is 12.0. The number of carbonyl (C=O) groups excluding carboxylic acids is 1. The van der Waals surface area contributed by atoms with E-state index in [1.807, 2.05) is 0 Å². The molecule has 1 aromatic heterocycles. The monoisotopic (exact) mass is 392 g/mol. The van der Waals surface area contributed by atoms with Gasteiger partial charge < -0.3 is 19.3 Å². The van der Waals surface area contributed by atoms with E-state index in [9.17, 15) is 4.79 Å². The van der Waals surface area contributed by atoms with E-state index in [1.165, 1.54) is 20.3 Å². The minimum atomic E-state index is -0.433. The standard InChI is InChI=1S/C18H14Cl2N2O4/c1-24-15-6-4-11(8-17(15)25-2)21-18(23)14-9-16(26-22-14)12-5-3-10(19)7-13(12)20/h3-9H,1-2H3,(H,21,23). The Kier molecular flexibility index (Phi) is 5.35. The molecule has 3 rings (SSSR count). The molecule has 0 unspecified atom stereocenters. The van der Waals surface area contributed by atoms with Crippen molar-refractivity contribution in [2.45, 2.75) is 0 Å². The number of carbonyl (C=O) groups is 1. The first kappa shape index (κ1) is 18.1. The topological polar surface area (TPSA) is 73.6 Å². The van der Waals surface area contributed by atoms with E-state index in [4.69, 9.17) is 37.2 Å². The lowest BCUT2D eigenvalue weighted by Gasteiger charge is -2.09. The number of nitrogens with zero attached hydrogens (tertiary/aromatic N) is 1. The predicted octanol–water partition coefficient (Wildman–Crippen LogP) is 4.92. The van der Waals surface area contributed by atoms with Crippen LogP contribution in [0, 0.1) is 0 Å². The number of rotatable bonds is 5. The molecule has 0 aliphatic carbocycles. The second-order valence-electron chi connectivity index (χ2n) is 5.22. The van der Waals surface area contributed by atoms with Crippen LogP contribution in [0.5, 0.6) is 11.5 Å². The van der Waals surface area contributed by atoms with Crippen molar-refractivity contribution in [1.29, 1.82) is 0 Å². The molecule has 6 nitrogen and oxygen atoms in total. The molecule has 0 aliphatic heterocycles. The van der Waals surface area contributed by atoms with Gasteiger partial charge >= 0.3 is 0 Å². The number of hydrogen-bond donors (Lipinski definition) is 1. The zero-order valence-electron chi connectivity index (χ0n) is 13.9. The third kappa shape index (κ3) is 3.76. The minimum Gasteiger partial charge on any atom is -0.493 e. The quantitative estimate of drug-likeness (QED) is 0.666. The van der Waals surface area contributed by atoms with Gasteiger partial charge in [0.25, 0.3) is 5.91 Å². The van der Waals surface area contributed by atoms with E-state index in [-0.39, 0.29) is 5.69 Å². The van der Waals surface area contributed by atoms with Gasteiger partial charge in [0.15, 0.2) is 23.0 Å². The lowest BCUT2D eigenvalue weighted by atomic mass is 10.1. The van der Waals surface area contributed by atoms with E-state index < -0.39 is 5.91 Å². The SMILES string of the molecule is COc1ccc(NC(=O)c2cc(-c3ccc(Cl)cc3Cl)on2)cc1OC. The fraction of sp³-hybridized carbons (Fsp3) is 0.111. The Labute approximate surface area is 159 Å². The number of methoxy groups -OCH3 is 2. The first-order valence-corrected chi connectivity index (χ1v) is 8.23. The number of ether oxygens (including phenoxy) is 2. The fourth-order valence-corrected chi connectivity index (χ4v) is 2.81. The summed E-state index contributed by atoms with van der Waals surface area (Å²) in [5.74, 6) is 0.993. The highest BCUT2D eigenvalue weighted by Gasteiger charge is 2.16. The molecule has 134 valence electrons. The molecule has 26 heavy (non-hydrogen) atoms. The van der Waals surface area contributed by atoms with Gasteiger partial charge in [-0.25, -0.2) is 0 Å². The molecule has 0 spiro atoms. The molecule has 2 aromatic carbocycles. The summed E-state index contributed by atoms with van der Waals surface area (Å²) in [6.07, 6.45) is 0. The van der Waals surface area contributed by atoms with Crippen molar-refractivity contribution in [3.63, 3.8) is 0 Å². The second kappa shape index (κ2) is 7.68. The second-order valence-corrected chi connectivity index (χ2v) is 6.07. The van der Waals surface area contributed by atoms with Gasteiger partial charge in [-0.1, -0.05) is 28.4 Å². The predicted molar refractivity (Wildman–Crippen MR) is 99.5 cm³/mol. The van der Waals surface area contributed by atoms with E-state index in [0.29, 0.717) is 38.6 Å². The Morgan fingerprint density at radius 1 is 1.04 bits per heavy atom. The van der Waals surface area contributed by atoms with Gasteiger partial charge in [-0.2, -0.15) is 0 Å². The smallest absolute Gasteiger partial charge is 0.277 e. The average molecular weight is 393 g/mol. The van der Waals surface area contributed by atoms with Crippen LogP contribution in [0.4, 0.5) is 5.69 Å². The van der Waals surface area contributed by atoms with Gasteiger partial charge in [0.2, 0.25) is 0 Å². The molecular weight excluding hydrogens is 379 g/mol. The maximum Gasteiger partial charge on any atom is 0.277 e. The van der Waals surface area contributed by atoms with Crippen LogP contribution in [0.25, 0.3) is 11.3 Å². The molecule has 0 saturated heterocycles. The van der Waals surface area contributed by atoms with Crippen LogP contribution in [0.15, 0.2) is 47.0 Å². The fourth-order valence-electron chi connectivity index (χ4n) is 2.31. The summed E-state index contributed by atoms with van der Waals surface area (Å²) in [5, 5.41) is 7.42. The van der Waals surface area contributed by atoms with Gasteiger partial charge in [0.1, 0.15) is 0 Å². The van der Waals surface area contributed by atoms with Crippen LogP contribution in [-0.2, 0) is 0 Å². The molecular formula is C18H14Cl2N2O4. The van der Waals surface area contributed by atoms with Gasteiger partial charge in [-0.15, -0.1) is 0 Å². The van der Waals surface area contributed by atoms with Crippen molar-refractivity contribution < 1.29 is 18.8 Å². The first-order chi connectivity index (χ1) is 12.5. The van der Waals surface area contributed by atoms with Crippen LogP contribution >= 0.6 is 23.2 Å². The number of aromatic nitrogens is 1. The van der Waals surface area contributed by atoms with Crippen LogP contribution in [0.3, 0.4) is 0 Å². The summed E-state index contributed by atoms with van der Waals surface area (Å²) in [7, 11) is 3.05. The Balaban J connectivity index is 1.80. The Morgan fingerprint density at radius 2 is 1.81 bits per heavy atom. The van der Waals surface area contributed by atoms with E-state index in [2.05, 4.69) is 10.5 Å². The van der Waals surface area contributed by atoms with Gasteiger partial charge in [-0.3, -0.25) is 4.79 Å². The van der Waals surface area contributed by atoms with Crippen molar-refractivity contribution in [1.82, 2.24) is 5.16 Å². The van der Waals surface area contributed by atoms with E-state index in [0.717, 1.165) is 0 Å². The summed E-state index contributed by atoms with van der Waals surface area (Å²) in [6, 6.07) is 11.5. The van der Waals surface area contributed by atoms with Crippen molar-refractivity contribution >= 4 is 34.8 Å². The molecule has 0 fully saturated rings. The maximum absolute atomic E-state index is 12.4. The van der Waals surface area contributed by atoms with Gasteiger partial charge in [0, 0.05) is 28.4 Å². The molecule has 1 N–H and O–H groups in total. The molecule has 1 heterocycles. The highest BCUT2D eigenvalue weighted by Crippen LogP contribution is 2.32. The highest BCUT2D eigenvalue weighted by molar-refractivity contribution is 6.36. The third-order valence-corrected chi connectivity index (χ3v) is 4.13. The maximum atomic E-state index is 12.4. The number of hydrogen-bond acceptors (Lipinski definition) is 5. The van der Waals surface area contributed by atoms with Gasteiger partial charge in [-0.05, 0) is 30.3 Å². The lowest BCUT2D eigenvalue weighted by Crippen LogP contribution is -2.12. The number of nitrogens with one attached hydrogen (secondary N) is 1. The Bertz CT molecular complexity index is 956. The Hall–Kier alpha value is -2.70. The number of benzene rings is 2. The minimum absolute atomic E-state index is 0.112. The van der Waals surface area contributed by atoms with Crippen LogP contribution in [0.1, 0.15) is 10.5 Å². The highest BCUT2D eigenvalue weighted by atomic mass is 35.5. The first-order valence-electron chi connectivity index (χ1n) is 7.47. The van der Waals surface area contributed by atoms with Crippen molar-refractivity contribution in [3.05, 3.63) is 58.2 Å². The molecule has 0 bridgehead atoms. The average Bonchev–Trinajstić information content (AvgIpc) is 3.11. The number of halogens is 2. The third-order valence-electron chi connectivity index (χ3n) is 3.58.